The number of carbonyl (C=O) groups excluding carboxylic acids is 1. The molecule has 1 radical (unpaired) electrons. The zero-order valence-corrected chi connectivity index (χ0v) is 11.2. The van der Waals surface area contributed by atoms with Crippen molar-refractivity contribution in [1.82, 2.24) is 5.73 Å². The number of carbonyl (C=O) groups is 1. The Kier molecular flexibility index (Phi) is 6.26. The lowest BCUT2D eigenvalue weighted by molar-refractivity contribution is 0.0428. The van der Waals surface area contributed by atoms with E-state index in [0.29, 0.717) is 23.8 Å². The van der Waals surface area contributed by atoms with Gasteiger partial charge in [0.2, 0.25) is 0 Å². The van der Waals surface area contributed by atoms with Crippen LogP contribution in [0, 0.1) is 5.92 Å². The van der Waals surface area contributed by atoms with Crippen molar-refractivity contribution in [3.63, 3.8) is 0 Å². The van der Waals surface area contributed by atoms with Gasteiger partial charge in [-0.2, -0.15) is 0 Å². The van der Waals surface area contributed by atoms with Crippen LogP contribution in [-0.4, -0.2) is 12.6 Å². The molecule has 1 aromatic rings. The highest BCUT2D eigenvalue weighted by Crippen LogP contribution is 2.14. The molecule has 0 aromatic heterocycles. The summed E-state index contributed by atoms with van der Waals surface area (Å²) < 4.78 is 5.32. The molecule has 0 heterocycles. The van der Waals surface area contributed by atoms with E-state index >= 15 is 0 Å². The van der Waals surface area contributed by atoms with Gasteiger partial charge in [0.15, 0.2) is 0 Å². The summed E-state index contributed by atoms with van der Waals surface area (Å²) in [4.78, 5) is 11.8. The first-order valence-corrected chi connectivity index (χ1v) is 6.66. The topological polar surface area (TPSA) is 50.1 Å². The summed E-state index contributed by atoms with van der Waals surface area (Å²) in [5, 5.41) is 0. The van der Waals surface area contributed by atoms with Crippen molar-refractivity contribution >= 4 is 11.7 Å². The molecule has 0 amide bonds. The van der Waals surface area contributed by atoms with Gasteiger partial charge in [0.25, 0.3) is 0 Å². The Balaban J connectivity index is 2.42. The fourth-order valence-corrected chi connectivity index (χ4v) is 1.78. The minimum atomic E-state index is -0.287. The van der Waals surface area contributed by atoms with Crippen LogP contribution in [0.2, 0.25) is 0 Å². The number of hydrogen-bond acceptors (Lipinski definition) is 2. The minimum Gasteiger partial charge on any atom is -0.462 e. The molecule has 1 unspecified atom stereocenters. The second-order valence-corrected chi connectivity index (χ2v) is 4.59. The van der Waals surface area contributed by atoms with Crippen LogP contribution < -0.4 is 5.73 Å². The molecule has 3 nitrogen and oxygen atoms in total. The number of rotatable bonds is 7. The molecular formula is C15H22NO2. The van der Waals surface area contributed by atoms with Crippen LogP contribution in [0.5, 0.6) is 0 Å². The first kappa shape index (κ1) is 14.6. The zero-order chi connectivity index (χ0) is 13.4. The Bertz CT molecular complexity index is 359. The van der Waals surface area contributed by atoms with Gasteiger partial charge in [-0.15, -0.1) is 0 Å². The average molecular weight is 248 g/mol. The molecule has 1 N–H and O–H groups in total. The number of esters is 1. The molecule has 3 heteroatoms. The number of unbranched alkanes of at least 4 members (excludes halogenated alkanes) is 1. The maximum absolute atomic E-state index is 11.8. The third-order valence-electron chi connectivity index (χ3n) is 3.11. The fourth-order valence-electron chi connectivity index (χ4n) is 1.78. The molecule has 18 heavy (non-hydrogen) atoms. The normalized spacial score (nSPS) is 12.1. The predicted octanol–water partition coefficient (Wildman–Crippen LogP) is 3.97. The second-order valence-electron chi connectivity index (χ2n) is 4.59. The lowest BCUT2D eigenvalue weighted by Gasteiger charge is -2.14. The third-order valence-corrected chi connectivity index (χ3v) is 3.11. The van der Waals surface area contributed by atoms with Gasteiger partial charge in [-0.3, -0.25) is 0 Å². The highest BCUT2D eigenvalue weighted by molar-refractivity contribution is 5.89. The van der Waals surface area contributed by atoms with E-state index in [0.717, 1.165) is 12.8 Å². The van der Waals surface area contributed by atoms with Crippen LogP contribution in [0.25, 0.3) is 0 Å². The molecular weight excluding hydrogens is 226 g/mol. The van der Waals surface area contributed by atoms with E-state index in [2.05, 4.69) is 13.8 Å². The predicted molar refractivity (Wildman–Crippen MR) is 72.8 cm³/mol. The van der Waals surface area contributed by atoms with E-state index in [1.807, 2.05) is 0 Å². The van der Waals surface area contributed by atoms with Gasteiger partial charge >= 0.3 is 5.97 Å². The summed E-state index contributed by atoms with van der Waals surface area (Å²) in [5.74, 6) is 0.175. The van der Waals surface area contributed by atoms with E-state index in [9.17, 15) is 4.79 Å². The summed E-state index contributed by atoms with van der Waals surface area (Å²) in [6.07, 6.45) is 4.52. The highest BCUT2D eigenvalue weighted by atomic mass is 16.5. The molecule has 1 aromatic carbocycles. The van der Waals surface area contributed by atoms with Gasteiger partial charge in [-0.25, -0.2) is 4.79 Å². The molecule has 1 rings (SSSR count). The molecule has 99 valence electrons. The molecule has 0 aliphatic heterocycles. The number of hydrogen-bond donors (Lipinski definition) is 0. The van der Waals surface area contributed by atoms with Gasteiger partial charge < -0.3 is 10.5 Å². The molecule has 0 bridgehead atoms. The van der Waals surface area contributed by atoms with Crippen LogP contribution in [0.4, 0.5) is 5.69 Å². The average Bonchev–Trinajstić information content (AvgIpc) is 2.39. The van der Waals surface area contributed by atoms with Crippen LogP contribution >= 0.6 is 0 Å². The maximum atomic E-state index is 11.8. The molecule has 0 saturated heterocycles. The SMILES string of the molecule is CCCCC(CC)COC(=O)c1ccc([NH])cc1. The van der Waals surface area contributed by atoms with Crippen LogP contribution in [-0.2, 0) is 4.74 Å². The Morgan fingerprint density at radius 3 is 2.50 bits per heavy atom. The van der Waals surface area contributed by atoms with Gasteiger partial charge in [0.05, 0.1) is 17.9 Å². The number of benzene rings is 1. The van der Waals surface area contributed by atoms with Crippen molar-refractivity contribution in [2.45, 2.75) is 39.5 Å². The van der Waals surface area contributed by atoms with Gasteiger partial charge in [-0.1, -0.05) is 33.1 Å². The summed E-state index contributed by atoms with van der Waals surface area (Å²) in [6, 6.07) is 6.48. The first-order chi connectivity index (χ1) is 8.67. The first-order valence-electron chi connectivity index (χ1n) is 6.66. The molecule has 0 fully saturated rings. The van der Waals surface area contributed by atoms with E-state index in [1.165, 1.54) is 12.8 Å². The van der Waals surface area contributed by atoms with E-state index < -0.39 is 0 Å². The zero-order valence-electron chi connectivity index (χ0n) is 11.2. The standard InChI is InChI=1S/C15H22NO2/c1-3-5-6-12(4-2)11-18-15(17)13-7-9-14(16)10-8-13/h7-10,12,16H,3-6,11H2,1-2H3. The molecule has 0 aliphatic carbocycles. The Morgan fingerprint density at radius 1 is 1.28 bits per heavy atom. The second kappa shape index (κ2) is 7.75. The quantitative estimate of drug-likeness (QED) is 0.685. The van der Waals surface area contributed by atoms with Crippen LogP contribution in [0.1, 0.15) is 49.9 Å². The lowest BCUT2D eigenvalue weighted by Crippen LogP contribution is -2.14. The molecule has 0 spiro atoms. The summed E-state index contributed by atoms with van der Waals surface area (Å²) >= 11 is 0. The third kappa shape index (κ3) is 4.78. The van der Waals surface area contributed by atoms with Crippen molar-refractivity contribution in [3.05, 3.63) is 29.8 Å². The molecule has 1 atom stereocenters. The van der Waals surface area contributed by atoms with Crippen LogP contribution in [0.3, 0.4) is 0 Å². The van der Waals surface area contributed by atoms with Crippen molar-refractivity contribution in [2.75, 3.05) is 6.61 Å². The fraction of sp³-hybridized carbons (Fsp3) is 0.533. The van der Waals surface area contributed by atoms with E-state index in [4.69, 9.17) is 10.5 Å². The van der Waals surface area contributed by atoms with E-state index in [-0.39, 0.29) is 5.97 Å². The van der Waals surface area contributed by atoms with Crippen molar-refractivity contribution in [2.24, 2.45) is 5.92 Å². The maximum Gasteiger partial charge on any atom is 0.338 e. The Labute approximate surface area is 109 Å². The van der Waals surface area contributed by atoms with Gasteiger partial charge in [0, 0.05) is 0 Å². The van der Waals surface area contributed by atoms with E-state index in [1.54, 1.807) is 24.3 Å². The minimum absolute atomic E-state index is 0.287. The Hall–Kier alpha value is -1.51. The highest BCUT2D eigenvalue weighted by Gasteiger charge is 2.11. The van der Waals surface area contributed by atoms with Gasteiger partial charge in [-0.05, 0) is 36.6 Å². The summed E-state index contributed by atoms with van der Waals surface area (Å²) in [6.45, 7) is 4.79. The molecule has 0 saturated carbocycles. The largest absolute Gasteiger partial charge is 0.462 e. The van der Waals surface area contributed by atoms with Crippen molar-refractivity contribution in [3.8, 4) is 0 Å². The van der Waals surface area contributed by atoms with Crippen molar-refractivity contribution in [1.29, 1.82) is 0 Å². The van der Waals surface area contributed by atoms with Crippen LogP contribution in [0.15, 0.2) is 24.3 Å². The summed E-state index contributed by atoms with van der Waals surface area (Å²) in [5.41, 5.74) is 8.28. The van der Waals surface area contributed by atoms with Crippen molar-refractivity contribution < 1.29 is 9.53 Å². The number of nitrogens with one attached hydrogen (secondary N) is 1. The number of ether oxygens (including phenoxy) is 1. The Morgan fingerprint density at radius 2 is 1.94 bits per heavy atom. The lowest BCUT2D eigenvalue weighted by atomic mass is 10.0. The molecule has 0 aliphatic rings. The van der Waals surface area contributed by atoms with Gasteiger partial charge in [0.1, 0.15) is 0 Å². The monoisotopic (exact) mass is 248 g/mol. The smallest absolute Gasteiger partial charge is 0.338 e. The summed E-state index contributed by atoms with van der Waals surface area (Å²) in [7, 11) is 0.